The van der Waals surface area contributed by atoms with Crippen LogP contribution in [-0.2, 0) is 5.60 Å². The molecule has 1 aromatic heterocycles. The number of pyridine rings is 1. The fourth-order valence-corrected chi connectivity index (χ4v) is 5.65. The van der Waals surface area contributed by atoms with E-state index in [0.29, 0.717) is 24.5 Å². The van der Waals surface area contributed by atoms with Crippen molar-refractivity contribution in [3.8, 4) is 17.0 Å². The molecular formula is C37H39N3O2. The number of benzene rings is 4. The van der Waals surface area contributed by atoms with Crippen molar-refractivity contribution in [2.24, 2.45) is 5.73 Å². The maximum Gasteiger partial charge on any atom is 0.217 e. The molecule has 4 aromatic carbocycles. The molecule has 2 unspecified atom stereocenters. The van der Waals surface area contributed by atoms with Crippen LogP contribution in [0.25, 0.3) is 21.9 Å². The van der Waals surface area contributed by atoms with Gasteiger partial charge in [-0.25, -0.2) is 4.98 Å². The van der Waals surface area contributed by atoms with Gasteiger partial charge in [-0.1, -0.05) is 109 Å². The molecule has 0 fully saturated rings. The third-order valence-corrected chi connectivity index (χ3v) is 7.78. The smallest absolute Gasteiger partial charge is 0.217 e. The molecule has 0 aliphatic carbocycles. The number of fused-ring (bicyclic) bond motifs is 1. The van der Waals surface area contributed by atoms with Crippen molar-refractivity contribution in [1.82, 2.24) is 9.88 Å². The largest absolute Gasteiger partial charge is 0.471 e. The maximum absolute atomic E-state index is 13.2. The lowest BCUT2D eigenvalue weighted by Gasteiger charge is -2.39. The highest BCUT2D eigenvalue weighted by molar-refractivity contribution is 5.86. The van der Waals surface area contributed by atoms with Crippen LogP contribution in [0.15, 0.2) is 122 Å². The standard InChI is InChI=1S/C37H39N3O2/c1-26-17-19-28(20-18-26)31-23-33(36(39-24-31)42-25-27(2)38)35(30-12-6-5-7-13-30)37(41,21-22-40(3)4)34-16-10-14-29-11-8-9-15-32(29)34/h5-20,23-24,35,41H,2,21-22,25,38H2,1,3-4H3. The molecule has 0 aliphatic rings. The van der Waals surface area contributed by atoms with E-state index >= 15 is 0 Å². The zero-order valence-electron chi connectivity index (χ0n) is 24.6. The van der Waals surface area contributed by atoms with E-state index in [1.54, 1.807) is 0 Å². The molecule has 0 spiro atoms. The summed E-state index contributed by atoms with van der Waals surface area (Å²) in [5.41, 5.74) is 10.8. The van der Waals surface area contributed by atoms with Crippen LogP contribution in [0.2, 0.25) is 0 Å². The normalized spacial score (nSPS) is 13.5. The first-order chi connectivity index (χ1) is 20.3. The molecule has 5 rings (SSSR count). The summed E-state index contributed by atoms with van der Waals surface area (Å²) < 4.78 is 6.20. The number of rotatable bonds is 11. The summed E-state index contributed by atoms with van der Waals surface area (Å²) in [6.07, 6.45) is 2.30. The van der Waals surface area contributed by atoms with E-state index in [1.807, 2.05) is 62.8 Å². The minimum atomic E-state index is -1.32. The number of aryl methyl sites for hydroxylation is 1. The van der Waals surface area contributed by atoms with Crippen molar-refractivity contribution in [1.29, 1.82) is 0 Å². The number of hydrogen-bond acceptors (Lipinski definition) is 5. The third kappa shape index (κ3) is 6.23. The van der Waals surface area contributed by atoms with E-state index < -0.39 is 11.5 Å². The van der Waals surface area contributed by atoms with E-state index in [4.69, 9.17) is 15.5 Å². The van der Waals surface area contributed by atoms with Gasteiger partial charge in [-0.2, -0.15) is 0 Å². The average molecular weight is 558 g/mol. The fourth-order valence-electron chi connectivity index (χ4n) is 5.65. The van der Waals surface area contributed by atoms with Gasteiger partial charge < -0.3 is 20.5 Å². The van der Waals surface area contributed by atoms with Gasteiger partial charge in [0.25, 0.3) is 0 Å². The Labute approximate surface area is 248 Å². The molecule has 0 saturated heterocycles. The van der Waals surface area contributed by atoms with Crippen molar-refractivity contribution in [3.05, 3.63) is 144 Å². The number of hydrogen-bond donors (Lipinski definition) is 2. The van der Waals surface area contributed by atoms with Crippen LogP contribution in [0, 0.1) is 6.92 Å². The summed E-state index contributed by atoms with van der Waals surface area (Å²) in [7, 11) is 4.06. The number of aliphatic hydroxyl groups is 1. The van der Waals surface area contributed by atoms with E-state index in [-0.39, 0.29) is 6.61 Å². The van der Waals surface area contributed by atoms with Crippen LogP contribution in [-0.4, -0.2) is 42.2 Å². The van der Waals surface area contributed by atoms with Gasteiger partial charge in [-0.3, -0.25) is 0 Å². The monoisotopic (exact) mass is 557 g/mol. The fraction of sp³-hybridized carbons (Fsp3) is 0.216. The van der Waals surface area contributed by atoms with Crippen LogP contribution < -0.4 is 10.5 Å². The van der Waals surface area contributed by atoms with Gasteiger partial charge in [0.05, 0.1) is 0 Å². The predicted molar refractivity (Wildman–Crippen MR) is 173 cm³/mol. The summed E-state index contributed by atoms with van der Waals surface area (Å²) in [5, 5.41) is 15.3. The van der Waals surface area contributed by atoms with E-state index in [2.05, 4.69) is 79.1 Å². The summed E-state index contributed by atoms with van der Waals surface area (Å²) in [5.74, 6) is -0.0850. The quantitative estimate of drug-likeness (QED) is 0.182. The van der Waals surface area contributed by atoms with Gasteiger partial charge in [-0.15, -0.1) is 0 Å². The van der Waals surface area contributed by atoms with E-state index in [0.717, 1.165) is 38.6 Å². The second kappa shape index (κ2) is 12.6. The minimum absolute atomic E-state index is 0.121. The molecule has 1 heterocycles. The highest BCUT2D eigenvalue weighted by Crippen LogP contribution is 2.49. The number of nitrogens with zero attached hydrogens (tertiary/aromatic N) is 2. The van der Waals surface area contributed by atoms with Crippen LogP contribution in [0.5, 0.6) is 5.88 Å². The van der Waals surface area contributed by atoms with Crippen LogP contribution in [0.4, 0.5) is 0 Å². The van der Waals surface area contributed by atoms with E-state index in [1.165, 1.54) is 5.56 Å². The Morgan fingerprint density at radius 3 is 2.33 bits per heavy atom. The molecule has 0 saturated carbocycles. The molecule has 0 bridgehead atoms. The lowest BCUT2D eigenvalue weighted by Crippen LogP contribution is -2.38. The molecule has 0 amide bonds. The van der Waals surface area contributed by atoms with Crippen molar-refractivity contribution >= 4 is 10.8 Å². The molecule has 42 heavy (non-hydrogen) atoms. The van der Waals surface area contributed by atoms with Gasteiger partial charge in [0.15, 0.2) is 0 Å². The molecule has 3 N–H and O–H groups in total. The first-order valence-corrected chi connectivity index (χ1v) is 14.3. The van der Waals surface area contributed by atoms with Crippen molar-refractivity contribution in [3.63, 3.8) is 0 Å². The Morgan fingerprint density at radius 2 is 1.62 bits per heavy atom. The zero-order chi connectivity index (χ0) is 29.7. The molecule has 0 radical (unpaired) electrons. The minimum Gasteiger partial charge on any atom is -0.471 e. The molecule has 5 nitrogen and oxygen atoms in total. The van der Waals surface area contributed by atoms with Crippen molar-refractivity contribution < 1.29 is 9.84 Å². The zero-order valence-corrected chi connectivity index (χ0v) is 24.6. The molecule has 5 heteroatoms. The topological polar surface area (TPSA) is 71.6 Å². The number of ether oxygens (including phenoxy) is 1. The van der Waals surface area contributed by atoms with Gasteiger partial charge >= 0.3 is 0 Å². The summed E-state index contributed by atoms with van der Waals surface area (Å²) in [6, 6.07) is 35.0. The Bertz CT molecular complexity index is 1660. The molecule has 5 aromatic rings. The number of nitrogens with two attached hydrogens (primary N) is 1. The SMILES string of the molecule is C=C(N)COc1ncc(-c2ccc(C)cc2)cc1C(c1ccccc1)C(O)(CCN(C)C)c1cccc2ccccc12. The summed E-state index contributed by atoms with van der Waals surface area (Å²) in [4.78, 5) is 6.93. The predicted octanol–water partition coefficient (Wildman–Crippen LogP) is 7.03. The van der Waals surface area contributed by atoms with E-state index in [9.17, 15) is 5.11 Å². The third-order valence-electron chi connectivity index (χ3n) is 7.78. The second-order valence-corrected chi connectivity index (χ2v) is 11.3. The lowest BCUT2D eigenvalue weighted by atomic mass is 9.70. The molecule has 0 aliphatic heterocycles. The van der Waals surface area contributed by atoms with Crippen LogP contribution in [0.1, 0.15) is 34.6 Å². The first-order valence-electron chi connectivity index (χ1n) is 14.3. The molecule has 2 atom stereocenters. The number of aromatic nitrogens is 1. The first kappa shape index (κ1) is 29.1. The van der Waals surface area contributed by atoms with Gasteiger partial charge in [0.2, 0.25) is 5.88 Å². The van der Waals surface area contributed by atoms with Crippen molar-refractivity contribution in [2.45, 2.75) is 24.9 Å². The highest BCUT2D eigenvalue weighted by atomic mass is 16.5. The lowest BCUT2D eigenvalue weighted by molar-refractivity contribution is 0.00506. The second-order valence-electron chi connectivity index (χ2n) is 11.3. The summed E-state index contributed by atoms with van der Waals surface area (Å²) >= 11 is 0. The Hall–Kier alpha value is -4.45. The Balaban J connectivity index is 1.81. The van der Waals surface area contributed by atoms with Gasteiger partial charge in [0, 0.05) is 35.5 Å². The molecule has 214 valence electrons. The van der Waals surface area contributed by atoms with Crippen LogP contribution in [0.3, 0.4) is 0 Å². The van der Waals surface area contributed by atoms with Crippen LogP contribution >= 0.6 is 0 Å². The molecular weight excluding hydrogens is 518 g/mol. The Morgan fingerprint density at radius 1 is 0.929 bits per heavy atom. The van der Waals surface area contributed by atoms with Gasteiger partial charge in [-0.05, 0) is 61.0 Å². The van der Waals surface area contributed by atoms with Gasteiger partial charge in [0.1, 0.15) is 12.2 Å². The van der Waals surface area contributed by atoms with Crippen molar-refractivity contribution in [2.75, 3.05) is 27.2 Å². The highest BCUT2D eigenvalue weighted by Gasteiger charge is 2.43. The Kier molecular flexibility index (Phi) is 8.72. The summed E-state index contributed by atoms with van der Waals surface area (Å²) in [6.45, 7) is 6.69. The average Bonchev–Trinajstić information content (AvgIpc) is 3.00. The maximum atomic E-state index is 13.2.